The average molecular weight is 413 g/mol. The van der Waals surface area contributed by atoms with Crippen LogP contribution >= 0.6 is 11.3 Å². The van der Waals surface area contributed by atoms with Crippen molar-refractivity contribution in [3.05, 3.63) is 51.9 Å². The highest BCUT2D eigenvalue weighted by Gasteiger charge is 2.28. The van der Waals surface area contributed by atoms with E-state index in [-0.39, 0.29) is 24.2 Å². The molecule has 0 unspecified atom stereocenters. The van der Waals surface area contributed by atoms with Gasteiger partial charge in [0, 0.05) is 48.2 Å². The van der Waals surface area contributed by atoms with Gasteiger partial charge in [0.1, 0.15) is 12.2 Å². The van der Waals surface area contributed by atoms with Crippen LogP contribution in [0.1, 0.15) is 18.5 Å². The molecule has 0 bridgehead atoms. The third kappa shape index (κ3) is 3.70. The van der Waals surface area contributed by atoms with Crippen LogP contribution in [0.3, 0.4) is 0 Å². The molecule has 3 aromatic rings. The van der Waals surface area contributed by atoms with Crippen molar-refractivity contribution in [1.82, 2.24) is 9.38 Å². The molecule has 0 radical (unpaired) electrons. The normalized spacial score (nSPS) is 20.7. The first-order valence-corrected chi connectivity index (χ1v) is 10.5. The lowest BCUT2D eigenvalue weighted by Crippen LogP contribution is -3.11. The molecule has 0 saturated carbocycles. The summed E-state index contributed by atoms with van der Waals surface area (Å²) in [7, 11) is 0. The monoisotopic (exact) mass is 413 g/mol. The van der Waals surface area contributed by atoms with Crippen LogP contribution in [0.4, 0.5) is 5.69 Å². The quantitative estimate of drug-likeness (QED) is 0.664. The Bertz CT molecular complexity index is 1120. The summed E-state index contributed by atoms with van der Waals surface area (Å²) in [5.74, 6) is 1.39. The van der Waals surface area contributed by atoms with E-state index in [9.17, 15) is 9.59 Å². The van der Waals surface area contributed by atoms with Gasteiger partial charge in [-0.3, -0.25) is 14.0 Å². The van der Waals surface area contributed by atoms with E-state index in [1.54, 1.807) is 22.7 Å². The van der Waals surface area contributed by atoms with Crippen LogP contribution in [0.25, 0.3) is 4.96 Å². The second-order valence-electron chi connectivity index (χ2n) is 7.40. The van der Waals surface area contributed by atoms with Gasteiger partial charge in [0.2, 0.25) is 12.7 Å². The van der Waals surface area contributed by atoms with Gasteiger partial charge in [0.15, 0.2) is 16.5 Å². The van der Waals surface area contributed by atoms with Crippen LogP contribution in [0.2, 0.25) is 0 Å². The summed E-state index contributed by atoms with van der Waals surface area (Å²) >= 11 is 1.46. The third-order valence-electron chi connectivity index (χ3n) is 5.49. The number of likely N-dealkylation sites (tertiary alicyclic amines) is 1. The van der Waals surface area contributed by atoms with Gasteiger partial charge in [-0.25, -0.2) is 4.98 Å². The van der Waals surface area contributed by atoms with E-state index in [0.29, 0.717) is 18.0 Å². The molecule has 0 spiro atoms. The molecule has 5 rings (SSSR count). The largest absolute Gasteiger partial charge is 0.454 e. The zero-order valence-corrected chi connectivity index (χ0v) is 16.5. The molecule has 9 heteroatoms. The molecule has 1 fully saturated rings. The van der Waals surface area contributed by atoms with Gasteiger partial charge in [0.25, 0.3) is 5.56 Å². The van der Waals surface area contributed by atoms with Gasteiger partial charge in [0.05, 0.1) is 13.1 Å². The predicted octanol–water partition coefficient (Wildman–Crippen LogP) is 0.918. The van der Waals surface area contributed by atoms with Crippen molar-refractivity contribution < 1.29 is 19.2 Å². The fraction of sp³-hybridized carbons (Fsp3) is 0.350. The Morgan fingerprint density at radius 1 is 1.24 bits per heavy atom. The van der Waals surface area contributed by atoms with Crippen molar-refractivity contribution in [2.45, 2.75) is 19.4 Å². The van der Waals surface area contributed by atoms with Gasteiger partial charge in [-0.05, 0) is 12.1 Å². The van der Waals surface area contributed by atoms with Gasteiger partial charge in [-0.15, -0.1) is 11.3 Å². The van der Waals surface area contributed by atoms with E-state index in [4.69, 9.17) is 9.47 Å². The van der Waals surface area contributed by atoms with Crippen LogP contribution in [0.15, 0.2) is 40.6 Å². The number of carbonyl (C=O) groups is 1. The van der Waals surface area contributed by atoms with Gasteiger partial charge >= 0.3 is 0 Å². The summed E-state index contributed by atoms with van der Waals surface area (Å²) in [6.45, 7) is 2.68. The number of piperidine rings is 1. The Labute approximate surface area is 170 Å². The lowest BCUT2D eigenvalue weighted by atomic mass is 9.95. The number of rotatable bonds is 4. The molecule has 2 aliphatic heterocycles. The average Bonchev–Trinajstić information content (AvgIpc) is 3.37. The number of benzene rings is 1. The van der Waals surface area contributed by atoms with Crippen molar-refractivity contribution in [3.63, 3.8) is 0 Å². The van der Waals surface area contributed by atoms with E-state index in [0.717, 1.165) is 42.3 Å². The zero-order valence-electron chi connectivity index (χ0n) is 15.7. The van der Waals surface area contributed by atoms with Crippen molar-refractivity contribution in [2.24, 2.45) is 5.92 Å². The molecule has 150 valence electrons. The first kappa shape index (κ1) is 18.1. The number of thiazole rings is 1. The van der Waals surface area contributed by atoms with E-state index < -0.39 is 0 Å². The van der Waals surface area contributed by atoms with Crippen molar-refractivity contribution in [1.29, 1.82) is 0 Å². The Morgan fingerprint density at radius 3 is 2.93 bits per heavy atom. The standard InChI is InChI=1S/C20H20N4O4S/c25-18-10-15(22-20-24(18)7-8-29-20)11-23-5-3-13(4-6-23)19(26)21-14-1-2-16-17(9-14)28-12-27-16/h1-2,7-10,13H,3-6,11-12H2,(H,21,26)/p+1. The maximum Gasteiger partial charge on any atom is 0.258 e. The maximum absolute atomic E-state index is 12.6. The Hall–Kier alpha value is -2.91. The van der Waals surface area contributed by atoms with Crippen LogP contribution in [0, 0.1) is 5.92 Å². The lowest BCUT2D eigenvalue weighted by Gasteiger charge is -2.28. The molecule has 29 heavy (non-hydrogen) atoms. The molecule has 2 aliphatic rings. The summed E-state index contributed by atoms with van der Waals surface area (Å²) in [5.41, 5.74) is 1.50. The number of fused-ring (bicyclic) bond motifs is 2. The molecule has 0 aliphatic carbocycles. The summed E-state index contributed by atoms with van der Waals surface area (Å²) in [6, 6.07) is 7.05. The number of carbonyl (C=O) groups excluding carboxylic acids is 1. The fourth-order valence-electron chi connectivity index (χ4n) is 3.92. The van der Waals surface area contributed by atoms with Crippen molar-refractivity contribution >= 4 is 27.9 Å². The van der Waals surface area contributed by atoms with Crippen LogP contribution in [-0.4, -0.2) is 35.2 Å². The van der Waals surface area contributed by atoms with Crippen molar-refractivity contribution in [2.75, 3.05) is 25.2 Å². The number of nitrogens with zero attached hydrogens (tertiary/aromatic N) is 2. The number of hydrogen-bond donors (Lipinski definition) is 2. The second kappa shape index (κ2) is 7.49. The Morgan fingerprint density at radius 2 is 2.07 bits per heavy atom. The zero-order chi connectivity index (χ0) is 19.8. The van der Waals surface area contributed by atoms with Gasteiger partial charge < -0.3 is 19.7 Å². The van der Waals surface area contributed by atoms with Crippen LogP contribution in [-0.2, 0) is 11.3 Å². The summed E-state index contributed by atoms with van der Waals surface area (Å²) < 4.78 is 12.2. The molecule has 0 atom stereocenters. The van der Waals surface area contributed by atoms with E-state index in [1.165, 1.54) is 16.2 Å². The predicted molar refractivity (Wildman–Crippen MR) is 108 cm³/mol. The Kier molecular flexibility index (Phi) is 4.69. The first-order valence-electron chi connectivity index (χ1n) is 9.65. The summed E-state index contributed by atoms with van der Waals surface area (Å²) in [5, 5.41) is 4.86. The highest BCUT2D eigenvalue weighted by atomic mass is 32.1. The molecule has 4 heterocycles. The van der Waals surface area contributed by atoms with E-state index in [1.807, 2.05) is 17.5 Å². The number of hydrogen-bond acceptors (Lipinski definition) is 6. The lowest BCUT2D eigenvalue weighted by molar-refractivity contribution is -0.919. The smallest absolute Gasteiger partial charge is 0.258 e. The molecule has 2 N–H and O–H groups in total. The number of aromatic nitrogens is 2. The van der Waals surface area contributed by atoms with Gasteiger partial charge in [-0.1, -0.05) is 0 Å². The molecule has 8 nitrogen and oxygen atoms in total. The van der Waals surface area contributed by atoms with E-state index >= 15 is 0 Å². The number of quaternary nitrogens is 1. The molecular formula is C20H21N4O4S+. The SMILES string of the molecule is O=C(Nc1ccc2c(c1)OCO2)C1CC[NH+](Cc2cc(=O)n3ccsc3n2)CC1. The minimum absolute atomic E-state index is 0.0115. The second-order valence-corrected chi connectivity index (χ2v) is 8.27. The maximum atomic E-state index is 12.6. The summed E-state index contributed by atoms with van der Waals surface area (Å²) in [4.78, 5) is 31.5. The highest BCUT2D eigenvalue weighted by molar-refractivity contribution is 7.15. The first-order chi connectivity index (χ1) is 14.2. The number of ether oxygens (including phenoxy) is 2. The highest BCUT2D eigenvalue weighted by Crippen LogP contribution is 2.34. The minimum Gasteiger partial charge on any atom is -0.454 e. The topological polar surface area (TPSA) is 86.4 Å². The number of nitrogens with one attached hydrogen (secondary N) is 2. The molecule has 1 amide bonds. The summed E-state index contributed by atoms with van der Waals surface area (Å²) in [6.07, 6.45) is 3.37. The number of anilines is 1. The van der Waals surface area contributed by atoms with Gasteiger partial charge in [-0.2, -0.15) is 0 Å². The van der Waals surface area contributed by atoms with Crippen LogP contribution in [0.5, 0.6) is 11.5 Å². The molecular weight excluding hydrogens is 392 g/mol. The van der Waals surface area contributed by atoms with E-state index in [2.05, 4.69) is 10.3 Å². The fourth-order valence-corrected chi connectivity index (χ4v) is 4.66. The molecule has 1 saturated heterocycles. The Balaban J connectivity index is 1.17. The van der Waals surface area contributed by atoms with Crippen LogP contribution < -0.4 is 25.2 Å². The van der Waals surface area contributed by atoms with Crippen molar-refractivity contribution in [3.8, 4) is 11.5 Å². The molecule has 1 aromatic carbocycles. The molecule has 2 aromatic heterocycles. The minimum atomic E-state index is -0.0383. The number of amides is 1. The third-order valence-corrected chi connectivity index (χ3v) is 6.25.